The summed E-state index contributed by atoms with van der Waals surface area (Å²) in [6.45, 7) is 4.25. The molecule has 1 aliphatic rings. The first-order chi connectivity index (χ1) is 10.2. The van der Waals surface area contributed by atoms with Gasteiger partial charge in [-0.2, -0.15) is 0 Å². The third-order valence-corrected chi connectivity index (χ3v) is 3.24. The van der Waals surface area contributed by atoms with Crippen LogP contribution in [0.3, 0.4) is 0 Å². The molecule has 0 atom stereocenters. The fraction of sp³-hybridized carbons (Fsp3) is 0.588. The molecule has 0 aliphatic heterocycles. The largest absolute Gasteiger partial charge is 0.445 e. The Kier molecular flexibility index (Phi) is 12.4. The van der Waals surface area contributed by atoms with E-state index in [0.717, 1.165) is 11.6 Å². The number of amides is 1. The second-order valence-corrected chi connectivity index (χ2v) is 4.72. The lowest BCUT2D eigenvalue weighted by molar-refractivity contribution is 0.150. The van der Waals surface area contributed by atoms with Crippen LogP contribution in [0.4, 0.5) is 4.79 Å². The van der Waals surface area contributed by atoms with Crippen molar-refractivity contribution in [3.8, 4) is 0 Å². The maximum Gasteiger partial charge on any atom is 0.404 e. The summed E-state index contributed by atoms with van der Waals surface area (Å²) in [4.78, 5) is 10.2. The summed E-state index contributed by atoms with van der Waals surface area (Å²) in [6, 6.07) is 10.2. The first kappa shape index (κ1) is 19.4. The van der Waals surface area contributed by atoms with Gasteiger partial charge in [0, 0.05) is 6.04 Å². The number of hydrogen-bond acceptors (Lipinski definition) is 3. The second-order valence-electron chi connectivity index (χ2n) is 4.72. The van der Waals surface area contributed by atoms with Crippen LogP contribution in [0.2, 0.25) is 0 Å². The van der Waals surface area contributed by atoms with Crippen LogP contribution < -0.4 is 11.1 Å². The minimum atomic E-state index is -0.742. The lowest BCUT2D eigenvalue weighted by Crippen LogP contribution is -2.26. The van der Waals surface area contributed by atoms with Crippen molar-refractivity contribution in [3.63, 3.8) is 0 Å². The highest BCUT2D eigenvalue weighted by atomic mass is 16.5. The van der Waals surface area contributed by atoms with E-state index in [0.29, 0.717) is 0 Å². The smallest absolute Gasteiger partial charge is 0.404 e. The van der Waals surface area contributed by atoms with Gasteiger partial charge in [0.1, 0.15) is 6.61 Å². The van der Waals surface area contributed by atoms with Gasteiger partial charge in [-0.15, -0.1) is 0 Å². The summed E-state index contributed by atoms with van der Waals surface area (Å²) in [5, 5.41) is 3.30. The molecule has 1 aliphatic carbocycles. The molecule has 0 unspecified atom stereocenters. The first-order valence-electron chi connectivity index (χ1n) is 7.86. The standard InChI is InChI=1S/C8H9NO2.C7H15N.C2H6/c9-8(10)11-6-7-4-2-1-3-5-7;1-8-7-5-3-2-4-6-7;1-2/h1-5H,6H2,(H2,9,10);7-8H,2-6H2,1H3;1-2H3. The summed E-state index contributed by atoms with van der Waals surface area (Å²) in [5.74, 6) is 0. The zero-order valence-electron chi connectivity index (χ0n) is 13.6. The average molecular weight is 294 g/mol. The van der Waals surface area contributed by atoms with Crippen molar-refractivity contribution in [3.05, 3.63) is 35.9 Å². The number of benzene rings is 1. The SMILES string of the molecule is CC.CNC1CCCCC1.NC(=O)OCc1ccccc1. The molecule has 0 heterocycles. The van der Waals surface area contributed by atoms with E-state index < -0.39 is 6.09 Å². The molecule has 1 aromatic carbocycles. The molecule has 1 fully saturated rings. The van der Waals surface area contributed by atoms with Gasteiger partial charge >= 0.3 is 6.09 Å². The highest BCUT2D eigenvalue weighted by Gasteiger charge is 2.09. The molecule has 120 valence electrons. The minimum Gasteiger partial charge on any atom is -0.445 e. The molecule has 2 rings (SSSR count). The molecule has 1 amide bonds. The molecule has 21 heavy (non-hydrogen) atoms. The number of nitrogens with one attached hydrogen (secondary N) is 1. The number of rotatable bonds is 3. The van der Waals surface area contributed by atoms with E-state index in [1.165, 1.54) is 32.1 Å². The van der Waals surface area contributed by atoms with Crippen LogP contribution in [0.25, 0.3) is 0 Å². The van der Waals surface area contributed by atoms with Gasteiger partial charge in [0.2, 0.25) is 0 Å². The van der Waals surface area contributed by atoms with E-state index in [1.807, 2.05) is 44.2 Å². The second kappa shape index (κ2) is 13.4. The summed E-state index contributed by atoms with van der Waals surface area (Å²) in [5.41, 5.74) is 5.72. The van der Waals surface area contributed by atoms with Crippen molar-refractivity contribution in [2.24, 2.45) is 5.73 Å². The van der Waals surface area contributed by atoms with Crippen LogP contribution in [0.1, 0.15) is 51.5 Å². The molecule has 0 bridgehead atoms. The van der Waals surface area contributed by atoms with Gasteiger partial charge in [-0.25, -0.2) is 4.79 Å². The number of nitrogens with two attached hydrogens (primary N) is 1. The van der Waals surface area contributed by atoms with Crippen molar-refractivity contribution < 1.29 is 9.53 Å². The average Bonchev–Trinajstić information content (AvgIpc) is 2.57. The van der Waals surface area contributed by atoms with Crippen LogP contribution in [0.5, 0.6) is 0 Å². The summed E-state index contributed by atoms with van der Waals surface area (Å²) in [7, 11) is 2.07. The normalized spacial score (nSPS) is 14.0. The monoisotopic (exact) mass is 294 g/mol. The Hall–Kier alpha value is -1.55. The third-order valence-electron chi connectivity index (χ3n) is 3.24. The molecule has 0 saturated heterocycles. The first-order valence-corrected chi connectivity index (χ1v) is 7.86. The highest BCUT2D eigenvalue weighted by molar-refractivity contribution is 5.64. The van der Waals surface area contributed by atoms with E-state index in [1.54, 1.807) is 0 Å². The van der Waals surface area contributed by atoms with Gasteiger partial charge in [0.25, 0.3) is 0 Å². The molecule has 1 saturated carbocycles. The van der Waals surface area contributed by atoms with Crippen LogP contribution in [-0.2, 0) is 11.3 Å². The highest BCUT2D eigenvalue weighted by Crippen LogP contribution is 2.16. The predicted molar refractivity (Wildman–Crippen MR) is 88.1 cm³/mol. The topological polar surface area (TPSA) is 64.3 Å². The molecule has 4 heteroatoms. The maximum atomic E-state index is 10.2. The minimum absolute atomic E-state index is 0.246. The Morgan fingerprint density at radius 3 is 2.19 bits per heavy atom. The van der Waals surface area contributed by atoms with Gasteiger partial charge in [0.05, 0.1) is 0 Å². The number of hydrogen-bond donors (Lipinski definition) is 2. The lowest BCUT2D eigenvalue weighted by Gasteiger charge is -2.20. The van der Waals surface area contributed by atoms with Crippen LogP contribution >= 0.6 is 0 Å². The summed E-state index contributed by atoms with van der Waals surface area (Å²) < 4.78 is 4.57. The number of primary amides is 1. The molecule has 0 aromatic heterocycles. The Labute approximate surface area is 129 Å². The number of carbonyl (C=O) groups is 1. The number of ether oxygens (including phenoxy) is 1. The Morgan fingerprint density at radius 2 is 1.76 bits per heavy atom. The van der Waals surface area contributed by atoms with Crippen molar-refractivity contribution in [2.75, 3.05) is 7.05 Å². The van der Waals surface area contributed by atoms with E-state index in [9.17, 15) is 4.79 Å². The fourth-order valence-corrected chi connectivity index (χ4v) is 2.12. The van der Waals surface area contributed by atoms with Crippen LogP contribution in [0, 0.1) is 0 Å². The molecule has 0 spiro atoms. The van der Waals surface area contributed by atoms with Crippen molar-refractivity contribution >= 4 is 6.09 Å². The van der Waals surface area contributed by atoms with Crippen molar-refractivity contribution in [1.29, 1.82) is 0 Å². The summed E-state index contributed by atoms with van der Waals surface area (Å²) in [6.07, 6.45) is 6.39. The van der Waals surface area contributed by atoms with E-state index in [-0.39, 0.29) is 6.61 Å². The zero-order valence-corrected chi connectivity index (χ0v) is 13.6. The Morgan fingerprint density at radius 1 is 1.19 bits per heavy atom. The van der Waals surface area contributed by atoms with Gasteiger partial charge in [-0.3, -0.25) is 0 Å². The zero-order chi connectivity index (χ0) is 15.9. The van der Waals surface area contributed by atoms with Gasteiger partial charge in [-0.05, 0) is 25.5 Å². The number of carbonyl (C=O) groups excluding carboxylic acids is 1. The van der Waals surface area contributed by atoms with E-state index in [2.05, 4.69) is 17.1 Å². The quantitative estimate of drug-likeness (QED) is 0.890. The van der Waals surface area contributed by atoms with Crippen LogP contribution in [-0.4, -0.2) is 19.2 Å². The molecule has 0 radical (unpaired) electrons. The molecule has 3 N–H and O–H groups in total. The summed E-state index contributed by atoms with van der Waals surface area (Å²) >= 11 is 0. The van der Waals surface area contributed by atoms with Gasteiger partial charge < -0.3 is 15.8 Å². The van der Waals surface area contributed by atoms with Gasteiger partial charge in [-0.1, -0.05) is 63.4 Å². The molecular formula is C17H30N2O2. The van der Waals surface area contributed by atoms with Crippen LogP contribution in [0.15, 0.2) is 30.3 Å². The molecule has 4 nitrogen and oxygen atoms in total. The molecular weight excluding hydrogens is 264 g/mol. The predicted octanol–water partition coefficient (Wildman–Crippen LogP) is 3.85. The fourth-order valence-electron chi connectivity index (χ4n) is 2.12. The Bertz CT molecular complexity index is 349. The third kappa shape index (κ3) is 10.9. The van der Waals surface area contributed by atoms with Gasteiger partial charge in [0.15, 0.2) is 0 Å². The van der Waals surface area contributed by atoms with Crippen molar-refractivity contribution in [2.45, 2.75) is 58.6 Å². The molecule has 1 aromatic rings. The van der Waals surface area contributed by atoms with Crippen molar-refractivity contribution in [1.82, 2.24) is 5.32 Å². The Balaban J connectivity index is 0.000000354. The van der Waals surface area contributed by atoms with E-state index in [4.69, 9.17) is 5.73 Å². The maximum absolute atomic E-state index is 10.2. The van der Waals surface area contributed by atoms with E-state index >= 15 is 0 Å². The lowest BCUT2D eigenvalue weighted by atomic mass is 9.96.